The van der Waals surface area contributed by atoms with E-state index in [2.05, 4.69) is 65.6 Å². The Morgan fingerprint density at radius 2 is 1.69 bits per heavy atom. The van der Waals surface area contributed by atoms with Crippen LogP contribution >= 0.6 is 0 Å². The maximum absolute atomic E-state index is 6.10. The van der Waals surface area contributed by atoms with E-state index in [-0.39, 0.29) is 0 Å². The Morgan fingerprint density at radius 1 is 0.931 bits per heavy atom. The van der Waals surface area contributed by atoms with Crippen LogP contribution in [0.5, 0.6) is 5.75 Å². The predicted octanol–water partition coefficient (Wildman–Crippen LogP) is 6.18. The Labute approximate surface area is 173 Å². The molecule has 2 aromatic carbocycles. The molecule has 0 aliphatic carbocycles. The van der Waals surface area contributed by atoms with Crippen molar-refractivity contribution in [2.45, 2.75) is 32.4 Å². The third-order valence-corrected chi connectivity index (χ3v) is 7.00. The summed E-state index contributed by atoms with van der Waals surface area (Å²) in [6.45, 7) is 8.48. The zero-order chi connectivity index (χ0) is 20.4. The summed E-state index contributed by atoms with van der Waals surface area (Å²) in [5, 5.41) is 2.44. The molecule has 0 aliphatic heterocycles. The van der Waals surface area contributed by atoms with Gasteiger partial charge in [-0.25, -0.2) is 0 Å². The molecule has 4 nitrogen and oxygen atoms in total. The number of hydrogen-bond donors (Lipinski definition) is 0. The van der Waals surface area contributed by atoms with Gasteiger partial charge in [-0.05, 0) is 29.8 Å². The van der Waals surface area contributed by atoms with Crippen LogP contribution in [-0.2, 0) is 11.5 Å². The molecular formula is C24H28N2O2Si. The van der Waals surface area contributed by atoms with Crippen LogP contribution in [0, 0.1) is 0 Å². The summed E-state index contributed by atoms with van der Waals surface area (Å²) in [6, 6.07) is 17.9. The Hall–Kier alpha value is -2.63. The molecule has 2 aromatic heterocycles. The Bertz CT molecular complexity index is 1130. The van der Waals surface area contributed by atoms with Crippen molar-refractivity contribution >= 4 is 29.9 Å². The molecular weight excluding hydrogens is 376 g/mol. The minimum Gasteiger partial charge on any atom is -0.497 e. The highest BCUT2D eigenvalue weighted by atomic mass is 28.3. The molecule has 0 radical (unpaired) electrons. The summed E-state index contributed by atoms with van der Waals surface area (Å²) in [5.74, 6) is 0.854. The average Bonchev–Trinajstić information content (AvgIpc) is 3.04. The van der Waals surface area contributed by atoms with Crippen molar-refractivity contribution in [3.8, 4) is 16.9 Å². The summed E-state index contributed by atoms with van der Waals surface area (Å²) in [6.07, 6.45) is 3.90. The fourth-order valence-electron chi connectivity index (χ4n) is 3.65. The zero-order valence-corrected chi connectivity index (χ0v) is 18.6. The van der Waals surface area contributed by atoms with E-state index in [0.717, 1.165) is 29.0 Å². The SMILES string of the molecule is COc1ccc(-c2cncc3c2c2ccccc2n3COCC[Si](C)(C)C)cc1. The van der Waals surface area contributed by atoms with Gasteiger partial charge in [-0.2, -0.15) is 0 Å². The van der Waals surface area contributed by atoms with Gasteiger partial charge < -0.3 is 14.0 Å². The number of benzene rings is 2. The van der Waals surface area contributed by atoms with Gasteiger partial charge >= 0.3 is 0 Å². The number of rotatable bonds is 7. The summed E-state index contributed by atoms with van der Waals surface area (Å²) < 4.78 is 13.7. The third-order valence-electron chi connectivity index (χ3n) is 5.30. The van der Waals surface area contributed by atoms with E-state index in [0.29, 0.717) is 6.73 Å². The number of para-hydroxylation sites is 1. The van der Waals surface area contributed by atoms with E-state index in [1.165, 1.54) is 22.3 Å². The molecule has 0 N–H and O–H groups in total. The quantitative estimate of drug-likeness (QED) is 0.273. The highest BCUT2D eigenvalue weighted by Crippen LogP contribution is 2.36. The van der Waals surface area contributed by atoms with Crippen molar-refractivity contribution in [1.29, 1.82) is 0 Å². The molecule has 0 atom stereocenters. The minimum atomic E-state index is -1.10. The van der Waals surface area contributed by atoms with Gasteiger partial charge in [0.05, 0.1) is 24.3 Å². The zero-order valence-electron chi connectivity index (χ0n) is 17.6. The second-order valence-electron chi connectivity index (χ2n) is 8.60. The average molecular weight is 405 g/mol. The number of aromatic nitrogens is 2. The molecule has 0 spiro atoms. The van der Waals surface area contributed by atoms with Gasteiger partial charge in [0.25, 0.3) is 0 Å². The monoisotopic (exact) mass is 404 g/mol. The van der Waals surface area contributed by atoms with E-state index in [4.69, 9.17) is 9.47 Å². The van der Waals surface area contributed by atoms with Gasteiger partial charge in [0.1, 0.15) is 12.5 Å². The first-order valence-electron chi connectivity index (χ1n) is 10.0. The van der Waals surface area contributed by atoms with Crippen LogP contribution in [0.2, 0.25) is 25.7 Å². The molecule has 0 saturated heterocycles. The maximum Gasteiger partial charge on any atom is 0.123 e. The highest BCUT2D eigenvalue weighted by Gasteiger charge is 2.16. The smallest absolute Gasteiger partial charge is 0.123 e. The van der Waals surface area contributed by atoms with Gasteiger partial charge in [0.2, 0.25) is 0 Å². The first-order chi connectivity index (χ1) is 14.0. The molecule has 0 saturated carbocycles. The molecule has 0 amide bonds. The van der Waals surface area contributed by atoms with Gasteiger partial charge in [-0.3, -0.25) is 4.98 Å². The van der Waals surface area contributed by atoms with Crippen LogP contribution in [0.1, 0.15) is 0 Å². The van der Waals surface area contributed by atoms with E-state index in [9.17, 15) is 0 Å². The molecule has 0 aliphatic rings. The van der Waals surface area contributed by atoms with Crippen LogP contribution in [0.4, 0.5) is 0 Å². The van der Waals surface area contributed by atoms with E-state index >= 15 is 0 Å². The molecule has 4 rings (SSSR count). The molecule has 29 heavy (non-hydrogen) atoms. The first kappa shape index (κ1) is 19.7. The van der Waals surface area contributed by atoms with Crippen LogP contribution in [-0.4, -0.2) is 31.3 Å². The van der Waals surface area contributed by atoms with E-state index in [1.54, 1.807) is 7.11 Å². The van der Waals surface area contributed by atoms with Crippen LogP contribution in [0.25, 0.3) is 32.9 Å². The third kappa shape index (κ3) is 4.07. The summed E-state index contributed by atoms with van der Waals surface area (Å²) in [5.41, 5.74) is 4.54. The number of fused-ring (bicyclic) bond motifs is 3. The lowest BCUT2D eigenvalue weighted by Crippen LogP contribution is -2.22. The summed E-state index contributed by atoms with van der Waals surface area (Å²) in [4.78, 5) is 4.55. The van der Waals surface area contributed by atoms with Crippen LogP contribution < -0.4 is 4.74 Å². The van der Waals surface area contributed by atoms with Gasteiger partial charge in [0.15, 0.2) is 0 Å². The first-order valence-corrected chi connectivity index (χ1v) is 13.8. The molecule has 4 aromatic rings. The van der Waals surface area contributed by atoms with E-state index < -0.39 is 8.07 Å². The Morgan fingerprint density at radius 3 is 2.41 bits per heavy atom. The fourth-order valence-corrected chi connectivity index (χ4v) is 4.41. The van der Waals surface area contributed by atoms with Gasteiger partial charge in [-0.1, -0.05) is 50.0 Å². The number of methoxy groups -OCH3 is 1. The molecule has 2 heterocycles. The van der Waals surface area contributed by atoms with Crippen molar-refractivity contribution in [2.75, 3.05) is 13.7 Å². The number of hydrogen-bond acceptors (Lipinski definition) is 3. The summed E-state index contributed by atoms with van der Waals surface area (Å²) in [7, 11) is 0.583. The van der Waals surface area contributed by atoms with Crippen molar-refractivity contribution in [3.05, 3.63) is 60.9 Å². The fraction of sp³-hybridized carbons (Fsp3) is 0.292. The molecule has 0 unspecified atom stereocenters. The Kier molecular flexibility index (Phi) is 5.43. The molecule has 5 heteroatoms. The van der Waals surface area contributed by atoms with E-state index in [1.807, 2.05) is 24.5 Å². The summed E-state index contributed by atoms with van der Waals surface area (Å²) >= 11 is 0. The highest BCUT2D eigenvalue weighted by molar-refractivity contribution is 6.76. The van der Waals surface area contributed by atoms with Crippen LogP contribution in [0.15, 0.2) is 60.9 Å². The van der Waals surface area contributed by atoms with Gasteiger partial charge in [-0.15, -0.1) is 0 Å². The maximum atomic E-state index is 6.10. The van der Waals surface area contributed by atoms with Gasteiger partial charge in [0, 0.05) is 37.2 Å². The predicted molar refractivity (Wildman–Crippen MR) is 123 cm³/mol. The second kappa shape index (κ2) is 8.01. The Balaban J connectivity index is 1.78. The number of pyridine rings is 1. The lowest BCUT2D eigenvalue weighted by atomic mass is 10.0. The second-order valence-corrected chi connectivity index (χ2v) is 14.2. The van der Waals surface area contributed by atoms with Crippen molar-refractivity contribution in [2.24, 2.45) is 0 Å². The van der Waals surface area contributed by atoms with Crippen molar-refractivity contribution in [1.82, 2.24) is 9.55 Å². The number of nitrogens with zero attached hydrogens (tertiary/aromatic N) is 2. The van der Waals surface area contributed by atoms with Crippen LogP contribution in [0.3, 0.4) is 0 Å². The molecule has 0 fully saturated rings. The van der Waals surface area contributed by atoms with Crippen molar-refractivity contribution < 1.29 is 9.47 Å². The molecule has 150 valence electrons. The molecule has 0 bridgehead atoms. The minimum absolute atomic E-state index is 0.544. The number of ether oxygens (including phenoxy) is 2. The standard InChI is InChI=1S/C24H28N2O2Si/c1-27-19-11-9-18(10-12-19)21-15-25-16-23-24(21)20-7-5-6-8-22(20)26(23)17-28-13-14-29(2,3)4/h5-12,15-16H,13-14,17H2,1-4H3. The topological polar surface area (TPSA) is 36.3 Å². The lowest BCUT2D eigenvalue weighted by molar-refractivity contribution is 0.0929. The van der Waals surface area contributed by atoms with Crippen molar-refractivity contribution in [3.63, 3.8) is 0 Å². The normalized spacial score (nSPS) is 12.0. The largest absolute Gasteiger partial charge is 0.497 e. The lowest BCUT2D eigenvalue weighted by Gasteiger charge is -2.16.